The van der Waals surface area contributed by atoms with E-state index in [-0.39, 0.29) is 24.4 Å². The summed E-state index contributed by atoms with van der Waals surface area (Å²) < 4.78 is 10.3. The summed E-state index contributed by atoms with van der Waals surface area (Å²) in [6.07, 6.45) is 2.27. The molecular weight excluding hydrogens is 440 g/mol. The Balaban J connectivity index is 1.23. The fourth-order valence-corrected chi connectivity index (χ4v) is 4.20. The predicted octanol–water partition coefficient (Wildman–Crippen LogP) is 0.138. The van der Waals surface area contributed by atoms with E-state index in [1.54, 1.807) is 30.3 Å². The number of nitrogens with one attached hydrogen (secondary N) is 1. The highest BCUT2D eigenvalue weighted by Gasteiger charge is 2.29. The Morgan fingerprint density at radius 2 is 1.47 bits per heavy atom. The van der Waals surface area contributed by atoms with Crippen molar-refractivity contribution in [3.8, 4) is 0 Å². The van der Waals surface area contributed by atoms with Crippen molar-refractivity contribution in [1.82, 2.24) is 5.32 Å². The Labute approximate surface area is 197 Å². The molecule has 2 aliphatic heterocycles. The van der Waals surface area contributed by atoms with E-state index < -0.39 is 32.2 Å². The van der Waals surface area contributed by atoms with E-state index in [4.69, 9.17) is 9.31 Å². The molecule has 9 nitrogen and oxygen atoms in total. The molecule has 0 spiro atoms. The number of benzene rings is 2. The Morgan fingerprint density at radius 1 is 0.882 bits per heavy atom. The topological polar surface area (TPSA) is 142 Å². The number of rotatable bonds is 10. The van der Waals surface area contributed by atoms with Crippen molar-refractivity contribution in [3.63, 3.8) is 0 Å². The van der Waals surface area contributed by atoms with Gasteiger partial charge in [0.1, 0.15) is 6.04 Å². The van der Waals surface area contributed by atoms with Gasteiger partial charge in [0.2, 0.25) is 0 Å². The maximum atomic E-state index is 12.5. The molecule has 176 valence electrons. The fourth-order valence-electron chi connectivity index (χ4n) is 4.20. The molecule has 0 aromatic heterocycles. The number of fused-ring (bicyclic) bond motifs is 2. The molecule has 0 saturated carbocycles. The van der Waals surface area contributed by atoms with Crippen LogP contribution in [0.15, 0.2) is 36.4 Å². The first-order valence-corrected chi connectivity index (χ1v) is 11.3. The minimum Gasteiger partial charge on any atom is -0.480 e. The lowest BCUT2D eigenvalue weighted by atomic mass is 9.78. The third-order valence-electron chi connectivity index (χ3n) is 6.20. The maximum absolute atomic E-state index is 12.5. The molecule has 2 aromatic rings. The second kappa shape index (κ2) is 10.5. The van der Waals surface area contributed by atoms with Crippen LogP contribution in [0.4, 0.5) is 0 Å². The van der Waals surface area contributed by atoms with Crippen LogP contribution in [-0.2, 0) is 27.3 Å². The van der Waals surface area contributed by atoms with Gasteiger partial charge in [0.25, 0.3) is 5.91 Å². The molecular formula is C23H25B2NO8. The van der Waals surface area contributed by atoms with Crippen molar-refractivity contribution in [2.24, 2.45) is 0 Å². The summed E-state index contributed by atoms with van der Waals surface area (Å²) in [5.41, 5.74) is 3.56. The standard InChI is InChI=1S/C23H25B2NO8/c27-21(14-6-8-16-12-33-24(31)18(16)10-14)5-3-1-2-4-20(23(29)30)26-22(28)15-7-9-17-13-34-25(32)19(17)11-15/h6-11,20,31-32H,1-5,12-13H2,(H,26,28)(H,29,30)/t20-/m0/s1. The molecule has 1 atom stereocenters. The monoisotopic (exact) mass is 465 g/mol. The first kappa shape index (κ1) is 24.2. The van der Waals surface area contributed by atoms with E-state index in [9.17, 15) is 29.5 Å². The molecule has 2 aliphatic rings. The van der Waals surface area contributed by atoms with Crippen LogP contribution in [0.1, 0.15) is 63.9 Å². The molecule has 1 amide bonds. The summed E-state index contributed by atoms with van der Waals surface area (Å²) in [5, 5.41) is 31.6. The van der Waals surface area contributed by atoms with Gasteiger partial charge in [-0.1, -0.05) is 37.1 Å². The summed E-state index contributed by atoms with van der Waals surface area (Å²) in [4.78, 5) is 36.6. The molecule has 34 heavy (non-hydrogen) atoms. The molecule has 0 radical (unpaired) electrons. The van der Waals surface area contributed by atoms with Crippen LogP contribution < -0.4 is 16.2 Å². The SMILES string of the molecule is O=C(CCCCC[C@H](NC(=O)c1ccc2c(c1)B(O)OC2)C(=O)O)c1ccc2c(c1)B(O)OC2. The first-order valence-electron chi connectivity index (χ1n) is 11.3. The highest BCUT2D eigenvalue weighted by Crippen LogP contribution is 2.15. The van der Waals surface area contributed by atoms with Crippen molar-refractivity contribution < 1.29 is 38.8 Å². The highest BCUT2D eigenvalue weighted by atomic mass is 16.5. The largest absolute Gasteiger partial charge is 0.491 e. The Hall–Kier alpha value is -2.98. The molecule has 2 aromatic carbocycles. The van der Waals surface area contributed by atoms with Crippen LogP contribution in [0.25, 0.3) is 0 Å². The first-order chi connectivity index (χ1) is 16.3. The number of Topliss-reactive ketones (excluding diaryl/α,β-unsaturated/α-hetero) is 1. The van der Waals surface area contributed by atoms with Crippen molar-refractivity contribution in [2.45, 2.75) is 51.4 Å². The molecule has 0 bridgehead atoms. The van der Waals surface area contributed by atoms with Crippen molar-refractivity contribution in [1.29, 1.82) is 0 Å². The van der Waals surface area contributed by atoms with E-state index in [2.05, 4.69) is 5.32 Å². The molecule has 0 unspecified atom stereocenters. The summed E-state index contributed by atoms with van der Waals surface area (Å²) in [6, 6.07) is 8.88. The molecule has 0 aliphatic carbocycles. The van der Waals surface area contributed by atoms with Gasteiger partial charge in [0.05, 0.1) is 13.2 Å². The van der Waals surface area contributed by atoms with E-state index in [0.29, 0.717) is 48.8 Å². The molecule has 2 heterocycles. The van der Waals surface area contributed by atoms with Crippen molar-refractivity contribution in [3.05, 3.63) is 58.7 Å². The number of carboxylic acids is 1. The van der Waals surface area contributed by atoms with Crippen LogP contribution in [0, 0.1) is 0 Å². The lowest BCUT2D eigenvalue weighted by molar-refractivity contribution is -0.139. The molecule has 0 fully saturated rings. The summed E-state index contributed by atoms with van der Waals surface area (Å²) in [5.74, 6) is -1.71. The Bertz CT molecular complexity index is 1110. The summed E-state index contributed by atoms with van der Waals surface area (Å²) in [6.45, 7) is 0.594. The van der Waals surface area contributed by atoms with Crippen LogP contribution in [-0.4, -0.2) is 53.1 Å². The number of carbonyl (C=O) groups is 3. The van der Waals surface area contributed by atoms with Gasteiger partial charge in [-0.15, -0.1) is 0 Å². The number of amides is 1. The Morgan fingerprint density at radius 3 is 2.09 bits per heavy atom. The van der Waals surface area contributed by atoms with E-state index >= 15 is 0 Å². The second-order valence-electron chi connectivity index (χ2n) is 8.54. The predicted molar refractivity (Wildman–Crippen MR) is 124 cm³/mol. The van der Waals surface area contributed by atoms with Gasteiger partial charge in [-0.2, -0.15) is 0 Å². The number of carbonyl (C=O) groups excluding carboxylic acids is 2. The third kappa shape index (κ3) is 5.39. The average Bonchev–Trinajstić information content (AvgIpc) is 3.39. The van der Waals surface area contributed by atoms with E-state index in [1.807, 2.05) is 0 Å². The number of hydrogen-bond donors (Lipinski definition) is 4. The zero-order valence-corrected chi connectivity index (χ0v) is 18.5. The summed E-state index contributed by atoms with van der Waals surface area (Å²) in [7, 11) is -2.09. The van der Waals surface area contributed by atoms with Gasteiger partial charge in [-0.05, 0) is 47.0 Å². The van der Waals surface area contributed by atoms with Gasteiger partial charge < -0.3 is 29.8 Å². The lowest BCUT2D eigenvalue weighted by Crippen LogP contribution is -2.41. The van der Waals surface area contributed by atoms with Gasteiger partial charge in [-0.3, -0.25) is 9.59 Å². The van der Waals surface area contributed by atoms with Gasteiger partial charge in [-0.25, -0.2) is 4.79 Å². The Kier molecular flexibility index (Phi) is 7.47. The number of unbranched alkanes of at least 4 members (excludes halogenated alkanes) is 2. The number of carboxylic acid groups (broad SMARTS) is 1. The molecule has 0 saturated heterocycles. The second-order valence-corrected chi connectivity index (χ2v) is 8.54. The fraction of sp³-hybridized carbons (Fsp3) is 0.348. The number of hydrogen-bond acceptors (Lipinski definition) is 7. The lowest BCUT2D eigenvalue weighted by Gasteiger charge is -2.15. The minimum absolute atomic E-state index is 0.0484. The van der Waals surface area contributed by atoms with Crippen LogP contribution in [0.2, 0.25) is 0 Å². The minimum atomic E-state index is -1.13. The zero-order valence-electron chi connectivity index (χ0n) is 18.5. The average molecular weight is 465 g/mol. The van der Waals surface area contributed by atoms with E-state index in [1.165, 1.54) is 6.07 Å². The zero-order chi connectivity index (χ0) is 24.2. The quantitative estimate of drug-likeness (QED) is 0.221. The summed E-state index contributed by atoms with van der Waals surface area (Å²) >= 11 is 0. The molecule has 4 N–H and O–H groups in total. The van der Waals surface area contributed by atoms with Crippen LogP contribution in [0.3, 0.4) is 0 Å². The van der Waals surface area contributed by atoms with Crippen molar-refractivity contribution in [2.75, 3.05) is 0 Å². The normalized spacial score (nSPS) is 15.1. The van der Waals surface area contributed by atoms with Crippen LogP contribution >= 0.6 is 0 Å². The van der Waals surface area contributed by atoms with Crippen LogP contribution in [0.5, 0.6) is 0 Å². The third-order valence-corrected chi connectivity index (χ3v) is 6.20. The molecule has 4 rings (SSSR count). The van der Waals surface area contributed by atoms with Gasteiger partial charge >= 0.3 is 20.2 Å². The molecule has 11 heteroatoms. The van der Waals surface area contributed by atoms with Crippen molar-refractivity contribution >= 4 is 42.8 Å². The number of aliphatic carboxylic acids is 1. The van der Waals surface area contributed by atoms with Gasteiger partial charge in [0.15, 0.2) is 5.78 Å². The maximum Gasteiger partial charge on any atom is 0.491 e. The van der Waals surface area contributed by atoms with Gasteiger partial charge in [0, 0.05) is 17.5 Å². The smallest absolute Gasteiger partial charge is 0.480 e. The highest BCUT2D eigenvalue weighted by molar-refractivity contribution is 6.62. The van der Waals surface area contributed by atoms with E-state index in [0.717, 1.165) is 11.1 Å². The number of ketones is 1.